The molecule has 2 aromatic rings. The highest BCUT2D eigenvalue weighted by Gasteiger charge is 2.09. The van der Waals surface area contributed by atoms with Gasteiger partial charge in [-0.05, 0) is 41.8 Å². The number of unbranched alkanes of at least 4 members (excludes halogenated alkanes) is 14. The SMILES string of the molecule is CCCCCCCCCCCCCCCCCC(=O)NN=Cc1ccc(OC(=O)C=Cc2ccccc2)c(OC)c1. The summed E-state index contributed by atoms with van der Waals surface area (Å²) in [5.74, 6) is 0.127. The molecule has 41 heavy (non-hydrogen) atoms. The maximum absolute atomic E-state index is 12.2. The molecule has 0 aliphatic carbocycles. The molecule has 0 saturated carbocycles. The van der Waals surface area contributed by atoms with Gasteiger partial charge in [0, 0.05) is 12.5 Å². The largest absolute Gasteiger partial charge is 0.493 e. The first-order chi connectivity index (χ1) is 20.1. The number of hydrogen-bond acceptors (Lipinski definition) is 5. The molecule has 224 valence electrons. The Kier molecular flexibility index (Phi) is 18.4. The molecule has 0 atom stereocenters. The van der Waals surface area contributed by atoms with Gasteiger partial charge in [0.25, 0.3) is 0 Å². The van der Waals surface area contributed by atoms with Crippen LogP contribution in [0.15, 0.2) is 59.7 Å². The zero-order valence-electron chi connectivity index (χ0n) is 25.2. The summed E-state index contributed by atoms with van der Waals surface area (Å²) in [7, 11) is 1.51. The predicted octanol–water partition coefficient (Wildman–Crippen LogP) is 9.03. The lowest BCUT2D eigenvalue weighted by Gasteiger charge is -2.08. The average Bonchev–Trinajstić information content (AvgIpc) is 2.99. The summed E-state index contributed by atoms with van der Waals surface area (Å²) in [4.78, 5) is 24.3. The standard InChI is InChI=1S/C35H50N2O4/c1-3-4-5-6-7-8-9-10-11-12-13-14-15-16-20-23-34(38)37-36-29-31-24-26-32(33(28-31)40-2)41-35(39)27-25-30-21-18-17-19-22-30/h17-19,21-22,24-29H,3-16,20,23H2,1-2H3,(H,37,38). The van der Waals surface area contributed by atoms with Crippen LogP contribution in [0.4, 0.5) is 0 Å². The summed E-state index contributed by atoms with van der Waals surface area (Å²) in [5.41, 5.74) is 4.22. The maximum atomic E-state index is 12.2. The fourth-order valence-electron chi connectivity index (χ4n) is 4.61. The number of nitrogens with one attached hydrogen (secondary N) is 1. The van der Waals surface area contributed by atoms with E-state index in [1.54, 1.807) is 30.5 Å². The van der Waals surface area contributed by atoms with Crippen LogP contribution in [0.25, 0.3) is 6.08 Å². The topological polar surface area (TPSA) is 77.0 Å². The first-order valence-electron chi connectivity index (χ1n) is 15.6. The van der Waals surface area contributed by atoms with E-state index in [2.05, 4.69) is 17.5 Å². The van der Waals surface area contributed by atoms with E-state index in [4.69, 9.17) is 9.47 Å². The summed E-state index contributed by atoms with van der Waals surface area (Å²) >= 11 is 0. The highest BCUT2D eigenvalue weighted by molar-refractivity contribution is 5.89. The van der Waals surface area contributed by atoms with Crippen LogP contribution in [-0.2, 0) is 9.59 Å². The molecular weight excluding hydrogens is 512 g/mol. The maximum Gasteiger partial charge on any atom is 0.336 e. The number of hydrogen-bond donors (Lipinski definition) is 1. The van der Waals surface area contributed by atoms with Crippen molar-refractivity contribution in [3.05, 3.63) is 65.7 Å². The van der Waals surface area contributed by atoms with Crippen molar-refractivity contribution >= 4 is 24.2 Å². The van der Waals surface area contributed by atoms with Gasteiger partial charge in [-0.25, -0.2) is 10.2 Å². The minimum absolute atomic E-state index is 0.0846. The van der Waals surface area contributed by atoms with Crippen LogP contribution in [0.3, 0.4) is 0 Å². The van der Waals surface area contributed by atoms with Gasteiger partial charge in [0.1, 0.15) is 0 Å². The van der Waals surface area contributed by atoms with Crippen molar-refractivity contribution < 1.29 is 19.1 Å². The molecule has 0 spiro atoms. The van der Waals surface area contributed by atoms with Gasteiger partial charge in [-0.15, -0.1) is 0 Å². The van der Waals surface area contributed by atoms with Gasteiger partial charge in [0.05, 0.1) is 13.3 Å². The van der Waals surface area contributed by atoms with Gasteiger partial charge in [-0.3, -0.25) is 4.79 Å². The second-order valence-corrected chi connectivity index (χ2v) is 10.6. The molecule has 0 unspecified atom stereocenters. The molecule has 2 aromatic carbocycles. The second kappa shape index (κ2) is 22.3. The van der Waals surface area contributed by atoms with Crippen molar-refractivity contribution in [3.63, 3.8) is 0 Å². The zero-order valence-corrected chi connectivity index (χ0v) is 25.2. The lowest BCUT2D eigenvalue weighted by Crippen LogP contribution is -2.16. The van der Waals surface area contributed by atoms with Crippen LogP contribution >= 0.6 is 0 Å². The summed E-state index contributed by atoms with van der Waals surface area (Å²) in [5, 5.41) is 4.06. The normalized spacial score (nSPS) is 11.3. The lowest BCUT2D eigenvalue weighted by atomic mass is 10.0. The van der Waals surface area contributed by atoms with Gasteiger partial charge < -0.3 is 9.47 Å². The summed E-state index contributed by atoms with van der Waals surface area (Å²) in [6, 6.07) is 14.6. The van der Waals surface area contributed by atoms with Crippen molar-refractivity contribution in [3.8, 4) is 11.5 Å². The Morgan fingerprint density at radius 2 is 1.32 bits per heavy atom. The monoisotopic (exact) mass is 562 g/mol. The van der Waals surface area contributed by atoms with E-state index < -0.39 is 5.97 Å². The van der Waals surface area contributed by atoms with E-state index in [0.29, 0.717) is 23.5 Å². The molecular formula is C35H50N2O4. The molecule has 0 bridgehead atoms. The number of nitrogens with zero attached hydrogens (tertiary/aromatic N) is 1. The van der Waals surface area contributed by atoms with Gasteiger partial charge in [0.2, 0.25) is 5.91 Å². The minimum Gasteiger partial charge on any atom is -0.493 e. The summed E-state index contributed by atoms with van der Waals surface area (Å²) in [6.07, 6.45) is 24.6. The molecule has 1 amide bonds. The van der Waals surface area contributed by atoms with Crippen LogP contribution in [0, 0.1) is 0 Å². The number of methoxy groups -OCH3 is 1. The Morgan fingerprint density at radius 3 is 1.90 bits per heavy atom. The molecule has 1 N–H and O–H groups in total. The quantitative estimate of drug-likeness (QED) is 0.0388. The van der Waals surface area contributed by atoms with Crippen LogP contribution in [0.5, 0.6) is 11.5 Å². The Labute approximate surface area is 247 Å². The van der Waals surface area contributed by atoms with Crippen molar-refractivity contribution in [2.24, 2.45) is 5.10 Å². The van der Waals surface area contributed by atoms with Crippen molar-refractivity contribution in [1.82, 2.24) is 5.43 Å². The number of carbonyl (C=O) groups is 2. The van der Waals surface area contributed by atoms with Crippen molar-refractivity contribution in [1.29, 1.82) is 0 Å². The van der Waals surface area contributed by atoms with Crippen LogP contribution in [0.2, 0.25) is 0 Å². The smallest absolute Gasteiger partial charge is 0.336 e. The van der Waals surface area contributed by atoms with Gasteiger partial charge >= 0.3 is 5.97 Å². The van der Waals surface area contributed by atoms with Crippen LogP contribution in [-0.4, -0.2) is 25.2 Å². The number of benzene rings is 2. The second-order valence-electron chi connectivity index (χ2n) is 10.6. The first kappa shape index (κ1) is 33.8. The lowest BCUT2D eigenvalue weighted by molar-refractivity contribution is -0.129. The van der Waals surface area contributed by atoms with E-state index >= 15 is 0 Å². The fourth-order valence-corrected chi connectivity index (χ4v) is 4.61. The molecule has 6 heteroatoms. The van der Waals surface area contributed by atoms with Crippen LogP contribution < -0.4 is 14.9 Å². The molecule has 2 rings (SSSR count). The molecule has 6 nitrogen and oxygen atoms in total. The Morgan fingerprint density at radius 1 is 0.732 bits per heavy atom. The third-order valence-electron chi connectivity index (χ3n) is 7.02. The van der Waals surface area contributed by atoms with E-state index in [0.717, 1.165) is 18.4 Å². The summed E-state index contributed by atoms with van der Waals surface area (Å²) in [6.45, 7) is 2.27. The van der Waals surface area contributed by atoms with Crippen molar-refractivity contribution in [2.75, 3.05) is 7.11 Å². The van der Waals surface area contributed by atoms with Crippen LogP contribution in [0.1, 0.15) is 121 Å². The highest BCUT2D eigenvalue weighted by Crippen LogP contribution is 2.28. The molecule has 0 fully saturated rings. The van der Waals surface area contributed by atoms with Gasteiger partial charge in [-0.1, -0.05) is 127 Å². The number of ether oxygens (including phenoxy) is 2. The average molecular weight is 563 g/mol. The molecule has 0 aliphatic rings. The number of esters is 1. The highest BCUT2D eigenvalue weighted by atomic mass is 16.6. The van der Waals surface area contributed by atoms with E-state index in [1.165, 1.54) is 96.7 Å². The third kappa shape index (κ3) is 16.4. The van der Waals surface area contributed by atoms with Crippen molar-refractivity contribution in [2.45, 2.75) is 110 Å². The van der Waals surface area contributed by atoms with Gasteiger partial charge in [0.15, 0.2) is 11.5 Å². The Hall–Kier alpha value is -3.41. The molecule has 0 saturated heterocycles. The summed E-state index contributed by atoms with van der Waals surface area (Å²) < 4.78 is 10.8. The van der Waals surface area contributed by atoms with E-state index in [1.807, 2.05) is 30.3 Å². The fraction of sp³-hybridized carbons (Fsp3) is 0.514. The number of carbonyl (C=O) groups excluding carboxylic acids is 2. The molecule has 0 radical (unpaired) electrons. The molecule has 0 aliphatic heterocycles. The Bertz CT molecular complexity index is 1050. The molecule has 0 heterocycles. The van der Waals surface area contributed by atoms with E-state index in [-0.39, 0.29) is 5.91 Å². The first-order valence-corrected chi connectivity index (χ1v) is 15.6. The number of amides is 1. The number of hydrazone groups is 1. The zero-order chi connectivity index (χ0) is 29.4. The van der Waals surface area contributed by atoms with Gasteiger partial charge in [-0.2, -0.15) is 5.10 Å². The number of rotatable bonds is 22. The van der Waals surface area contributed by atoms with E-state index in [9.17, 15) is 9.59 Å². The minimum atomic E-state index is -0.500. The predicted molar refractivity (Wildman–Crippen MR) is 169 cm³/mol. The molecule has 0 aromatic heterocycles. The Balaban J connectivity index is 1.54. The third-order valence-corrected chi connectivity index (χ3v) is 7.02.